The van der Waals surface area contributed by atoms with Gasteiger partial charge in [-0.25, -0.2) is 4.39 Å². The number of rotatable bonds is 9. The number of hydrogen-bond donors (Lipinski definition) is 0. The zero-order valence-corrected chi connectivity index (χ0v) is 13.1. The van der Waals surface area contributed by atoms with E-state index in [1.54, 1.807) is 13.0 Å². The summed E-state index contributed by atoms with van der Waals surface area (Å²) in [5.74, 6) is -0.530. The molecule has 1 heterocycles. The Morgan fingerprint density at radius 1 is 1.45 bits per heavy atom. The topological polar surface area (TPSA) is 48.1 Å². The lowest BCUT2D eigenvalue weighted by molar-refractivity contribution is -0.143. The van der Waals surface area contributed by atoms with Gasteiger partial charge in [-0.2, -0.15) is 0 Å². The summed E-state index contributed by atoms with van der Waals surface area (Å²) in [6, 6.07) is 4.65. The summed E-state index contributed by atoms with van der Waals surface area (Å²) in [6.45, 7) is 5.40. The third-order valence-corrected chi connectivity index (χ3v) is 3.62. The first-order valence-electron chi connectivity index (χ1n) is 7.81. The number of carbonyl (C=O) groups excluding carboxylic acids is 1. The van der Waals surface area contributed by atoms with Gasteiger partial charge >= 0.3 is 5.97 Å². The number of epoxide rings is 1. The average Bonchev–Trinajstić information content (AvgIpc) is 3.31. The zero-order chi connectivity index (χ0) is 15.9. The highest BCUT2D eigenvalue weighted by atomic mass is 19.1. The fourth-order valence-electron chi connectivity index (χ4n) is 2.38. The SMILES string of the molecule is CCOC(=O)CCc1ccc(F)cc1[C@@H](CC)OC[C@H]1CO1. The Hall–Kier alpha value is -1.46. The monoisotopic (exact) mass is 310 g/mol. The van der Waals surface area contributed by atoms with Crippen molar-refractivity contribution in [2.75, 3.05) is 19.8 Å². The zero-order valence-electron chi connectivity index (χ0n) is 13.1. The second kappa shape index (κ2) is 8.25. The van der Waals surface area contributed by atoms with Gasteiger partial charge in [-0.1, -0.05) is 13.0 Å². The number of benzene rings is 1. The van der Waals surface area contributed by atoms with Gasteiger partial charge in [0.2, 0.25) is 0 Å². The second-order valence-electron chi connectivity index (χ2n) is 5.33. The van der Waals surface area contributed by atoms with Crippen LogP contribution in [-0.4, -0.2) is 31.9 Å². The van der Waals surface area contributed by atoms with Gasteiger partial charge in [0.1, 0.15) is 11.9 Å². The minimum absolute atomic E-state index is 0.172. The van der Waals surface area contributed by atoms with Crippen LogP contribution in [0, 0.1) is 5.82 Å². The number of aryl methyl sites for hydroxylation is 1. The molecule has 2 rings (SSSR count). The van der Waals surface area contributed by atoms with Crippen molar-refractivity contribution in [3.8, 4) is 0 Å². The van der Waals surface area contributed by atoms with Crippen LogP contribution in [0.3, 0.4) is 0 Å². The van der Waals surface area contributed by atoms with E-state index in [4.69, 9.17) is 14.2 Å². The predicted octanol–water partition coefficient (Wildman–Crippen LogP) is 3.19. The molecule has 0 aromatic heterocycles. The molecule has 1 aromatic carbocycles. The van der Waals surface area contributed by atoms with E-state index in [1.807, 2.05) is 6.92 Å². The molecule has 1 aromatic rings. The minimum atomic E-state index is -0.292. The third-order valence-electron chi connectivity index (χ3n) is 3.62. The molecule has 1 saturated heterocycles. The number of esters is 1. The lowest BCUT2D eigenvalue weighted by Gasteiger charge is -2.19. The van der Waals surface area contributed by atoms with E-state index in [2.05, 4.69) is 0 Å². The van der Waals surface area contributed by atoms with Crippen LogP contribution in [-0.2, 0) is 25.4 Å². The first-order valence-corrected chi connectivity index (χ1v) is 7.81. The first kappa shape index (κ1) is 16.9. The Bertz CT molecular complexity index is 499. The van der Waals surface area contributed by atoms with Crippen LogP contribution in [0.2, 0.25) is 0 Å². The molecule has 22 heavy (non-hydrogen) atoms. The highest BCUT2D eigenvalue weighted by Gasteiger charge is 2.25. The fourth-order valence-corrected chi connectivity index (χ4v) is 2.38. The largest absolute Gasteiger partial charge is 0.466 e. The van der Waals surface area contributed by atoms with E-state index >= 15 is 0 Å². The second-order valence-corrected chi connectivity index (χ2v) is 5.33. The third kappa shape index (κ3) is 5.07. The van der Waals surface area contributed by atoms with Gasteiger partial charge in [0.15, 0.2) is 0 Å². The summed E-state index contributed by atoms with van der Waals surface area (Å²) >= 11 is 0. The Kier molecular flexibility index (Phi) is 6.34. The van der Waals surface area contributed by atoms with Gasteiger partial charge < -0.3 is 14.2 Å². The molecule has 5 heteroatoms. The Morgan fingerprint density at radius 2 is 2.23 bits per heavy atom. The lowest BCUT2D eigenvalue weighted by atomic mass is 9.97. The standard InChI is InChI=1S/C17H23FO4/c1-3-16(22-11-14-10-21-14)15-9-13(18)7-5-12(15)6-8-17(19)20-4-2/h5,7,9,14,16H,3-4,6,8,10-11H2,1-2H3/t14-,16-/m1/s1. The first-order chi connectivity index (χ1) is 10.6. The summed E-state index contributed by atoms with van der Waals surface area (Å²) in [5, 5.41) is 0. The molecule has 0 amide bonds. The molecule has 0 bridgehead atoms. The van der Waals surface area contributed by atoms with E-state index in [1.165, 1.54) is 12.1 Å². The van der Waals surface area contributed by atoms with Crippen molar-refractivity contribution >= 4 is 5.97 Å². The van der Waals surface area contributed by atoms with E-state index in [0.29, 0.717) is 19.6 Å². The molecule has 0 N–H and O–H groups in total. The molecule has 1 aliphatic rings. The molecule has 0 aliphatic carbocycles. The molecular weight excluding hydrogens is 287 g/mol. The summed E-state index contributed by atoms with van der Waals surface area (Å²) in [5.41, 5.74) is 1.74. The summed E-state index contributed by atoms with van der Waals surface area (Å²) in [6.07, 6.45) is 1.54. The van der Waals surface area contributed by atoms with E-state index in [-0.39, 0.29) is 30.4 Å². The number of hydrogen-bond acceptors (Lipinski definition) is 4. The highest BCUT2D eigenvalue weighted by molar-refractivity contribution is 5.69. The molecule has 0 unspecified atom stereocenters. The fraction of sp³-hybridized carbons (Fsp3) is 0.588. The molecule has 1 fully saturated rings. The maximum absolute atomic E-state index is 13.6. The number of halogens is 1. The molecule has 0 spiro atoms. The van der Waals surface area contributed by atoms with E-state index in [9.17, 15) is 9.18 Å². The van der Waals surface area contributed by atoms with Crippen molar-refractivity contribution < 1.29 is 23.4 Å². The van der Waals surface area contributed by atoms with Gasteiger partial charge in [-0.15, -0.1) is 0 Å². The molecule has 122 valence electrons. The van der Waals surface area contributed by atoms with Crippen molar-refractivity contribution in [3.05, 3.63) is 35.1 Å². The van der Waals surface area contributed by atoms with Gasteiger partial charge in [-0.3, -0.25) is 4.79 Å². The van der Waals surface area contributed by atoms with Crippen LogP contribution >= 0.6 is 0 Å². The predicted molar refractivity (Wildman–Crippen MR) is 80.1 cm³/mol. The Labute approximate surface area is 130 Å². The van der Waals surface area contributed by atoms with Gasteiger partial charge in [-0.05, 0) is 43.0 Å². The smallest absolute Gasteiger partial charge is 0.306 e. The van der Waals surface area contributed by atoms with Crippen LogP contribution in [0.25, 0.3) is 0 Å². The van der Waals surface area contributed by atoms with E-state index < -0.39 is 0 Å². The highest BCUT2D eigenvalue weighted by Crippen LogP contribution is 2.28. The molecule has 4 nitrogen and oxygen atoms in total. The van der Waals surface area contributed by atoms with Gasteiger partial charge in [0, 0.05) is 6.42 Å². The Balaban J connectivity index is 2.05. The maximum atomic E-state index is 13.6. The lowest BCUT2D eigenvalue weighted by Crippen LogP contribution is -2.12. The molecule has 0 radical (unpaired) electrons. The van der Waals surface area contributed by atoms with Crippen LogP contribution in [0.15, 0.2) is 18.2 Å². The van der Waals surface area contributed by atoms with E-state index in [0.717, 1.165) is 24.2 Å². The van der Waals surface area contributed by atoms with Crippen LogP contribution in [0.4, 0.5) is 4.39 Å². The average molecular weight is 310 g/mol. The summed E-state index contributed by atoms with van der Waals surface area (Å²) in [4.78, 5) is 11.5. The summed E-state index contributed by atoms with van der Waals surface area (Å²) < 4.78 is 29.5. The Morgan fingerprint density at radius 3 is 2.86 bits per heavy atom. The van der Waals surface area contributed by atoms with Crippen LogP contribution < -0.4 is 0 Å². The molecule has 1 aliphatic heterocycles. The number of carbonyl (C=O) groups is 1. The minimum Gasteiger partial charge on any atom is -0.466 e. The van der Waals surface area contributed by atoms with Gasteiger partial charge in [0.05, 0.1) is 25.9 Å². The van der Waals surface area contributed by atoms with Crippen LogP contribution in [0.5, 0.6) is 0 Å². The molecule has 0 saturated carbocycles. The molecular formula is C17H23FO4. The van der Waals surface area contributed by atoms with Crippen molar-refractivity contribution in [3.63, 3.8) is 0 Å². The van der Waals surface area contributed by atoms with Gasteiger partial charge in [0.25, 0.3) is 0 Å². The summed E-state index contributed by atoms with van der Waals surface area (Å²) in [7, 11) is 0. The van der Waals surface area contributed by atoms with Crippen LogP contribution in [0.1, 0.15) is 43.9 Å². The quantitative estimate of drug-likeness (QED) is 0.519. The van der Waals surface area contributed by atoms with Crippen molar-refractivity contribution in [1.29, 1.82) is 0 Å². The van der Waals surface area contributed by atoms with Crippen molar-refractivity contribution in [2.45, 2.75) is 45.3 Å². The number of ether oxygens (including phenoxy) is 3. The van der Waals surface area contributed by atoms with Crippen molar-refractivity contribution in [1.82, 2.24) is 0 Å². The molecule has 2 atom stereocenters. The van der Waals surface area contributed by atoms with Crippen molar-refractivity contribution in [2.24, 2.45) is 0 Å². The normalized spacial score (nSPS) is 18.0. The maximum Gasteiger partial charge on any atom is 0.306 e.